The van der Waals surface area contributed by atoms with Crippen molar-refractivity contribution in [2.75, 3.05) is 26.9 Å². The van der Waals surface area contributed by atoms with Crippen molar-refractivity contribution in [3.63, 3.8) is 0 Å². The van der Waals surface area contributed by atoms with Crippen LogP contribution in [0.4, 0.5) is 0 Å². The van der Waals surface area contributed by atoms with E-state index in [2.05, 4.69) is 13.8 Å². The Morgan fingerprint density at radius 2 is 1.84 bits per heavy atom. The number of nitrogens with zero attached hydrogens (tertiary/aromatic N) is 1. The summed E-state index contributed by atoms with van der Waals surface area (Å²) in [7, 11) is 1.53. The van der Waals surface area contributed by atoms with Gasteiger partial charge < -0.3 is 19.5 Å². The molecule has 0 aromatic heterocycles. The van der Waals surface area contributed by atoms with Gasteiger partial charge in [0.15, 0.2) is 0 Å². The van der Waals surface area contributed by atoms with Crippen LogP contribution >= 0.6 is 0 Å². The second-order valence-corrected chi connectivity index (χ2v) is 8.10. The van der Waals surface area contributed by atoms with Gasteiger partial charge in [-0.25, -0.2) is 0 Å². The van der Waals surface area contributed by atoms with Crippen LogP contribution in [0, 0.1) is 0 Å². The van der Waals surface area contributed by atoms with E-state index in [1.54, 1.807) is 24.3 Å². The standard InChI is InChI=1S/C26H31NO5/c1-5-32-15-7-14-27-23(19-12-10-18(11-13-19)17(2)3)22(25(29)26(27)30)24(28)20-8-6-9-21(16-20)31-4/h6,8-13,16-17,23,28H,5,7,14-15H2,1-4H3/t23-/m1/s1. The number of aliphatic hydroxyl groups is 1. The predicted octanol–water partition coefficient (Wildman–Crippen LogP) is 4.67. The number of ketones is 1. The highest BCUT2D eigenvalue weighted by Crippen LogP contribution is 2.40. The fraction of sp³-hybridized carbons (Fsp3) is 0.385. The number of benzene rings is 2. The number of hydrogen-bond acceptors (Lipinski definition) is 5. The van der Waals surface area contributed by atoms with Crippen molar-refractivity contribution in [1.29, 1.82) is 0 Å². The monoisotopic (exact) mass is 437 g/mol. The van der Waals surface area contributed by atoms with E-state index in [1.165, 1.54) is 12.0 Å². The molecule has 1 atom stereocenters. The Bertz CT molecular complexity index is 994. The first-order valence-electron chi connectivity index (χ1n) is 11.0. The number of hydrogen-bond donors (Lipinski definition) is 1. The molecule has 1 fully saturated rings. The highest BCUT2D eigenvalue weighted by atomic mass is 16.5. The molecule has 1 amide bonds. The Morgan fingerprint density at radius 3 is 2.47 bits per heavy atom. The van der Waals surface area contributed by atoms with E-state index in [1.807, 2.05) is 31.2 Å². The molecule has 2 aromatic rings. The zero-order valence-corrected chi connectivity index (χ0v) is 19.1. The molecule has 32 heavy (non-hydrogen) atoms. The minimum Gasteiger partial charge on any atom is -0.507 e. The Labute approximate surface area is 189 Å². The lowest BCUT2D eigenvalue weighted by molar-refractivity contribution is -0.140. The number of rotatable bonds is 9. The maximum atomic E-state index is 13.1. The molecule has 170 valence electrons. The lowest BCUT2D eigenvalue weighted by Crippen LogP contribution is -2.31. The summed E-state index contributed by atoms with van der Waals surface area (Å²) in [5.74, 6) is -0.577. The van der Waals surface area contributed by atoms with Crippen LogP contribution in [0.3, 0.4) is 0 Å². The molecule has 1 aliphatic heterocycles. The molecule has 1 heterocycles. The maximum absolute atomic E-state index is 13.1. The average Bonchev–Trinajstić information content (AvgIpc) is 3.06. The normalized spacial score (nSPS) is 17.9. The minimum absolute atomic E-state index is 0.0944. The van der Waals surface area contributed by atoms with Crippen molar-refractivity contribution in [3.8, 4) is 5.75 Å². The Balaban J connectivity index is 2.07. The molecule has 0 unspecified atom stereocenters. The number of amides is 1. The second kappa shape index (κ2) is 10.5. The van der Waals surface area contributed by atoms with Crippen LogP contribution < -0.4 is 4.74 Å². The summed E-state index contributed by atoms with van der Waals surface area (Å²) >= 11 is 0. The van der Waals surface area contributed by atoms with E-state index in [0.717, 1.165) is 11.1 Å². The number of methoxy groups -OCH3 is 1. The first-order chi connectivity index (χ1) is 15.4. The summed E-state index contributed by atoms with van der Waals surface area (Å²) in [6, 6.07) is 14.0. The summed E-state index contributed by atoms with van der Waals surface area (Å²) in [5, 5.41) is 11.1. The van der Waals surface area contributed by atoms with E-state index < -0.39 is 17.7 Å². The van der Waals surface area contributed by atoms with Gasteiger partial charge in [0, 0.05) is 25.3 Å². The van der Waals surface area contributed by atoms with E-state index in [9.17, 15) is 14.7 Å². The van der Waals surface area contributed by atoms with Crippen molar-refractivity contribution in [1.82, 2.24) is 4.90 Å². The van der Waals surface area contributed by atoms with Gasteiger partial charge in [-0.05, 0) is 42.5 Å². The molecule has 6 heteroatoms. The molecule has 0 radical (unpaired) electrons. The van der Waals surface area contributed by atoms with Crippen LogP contribution in [-0.2, 0) is 14.3 Å². The SMILES string of the molecule is CCOCCCN1C(=O)C(=O)C(=C(O)c2cccc(OC)c2)[C@H]1c1ccc(C(C)C)cc1. The summed E-state index contributed by atoms with van der Waals surface area (Å²) in [6.45, 7) is 7.57. The number of likely N-dealkylation sites (tertiary alicyclic amines) is 1. The molecule has 1 aliphatic rings. The van der Waals surface area contributed by atoms with Gasteiger partial charge in [-0.1, -0.05) is 50.2 Å². The van der Waals surface area contributed by atoms with Crippen LogP contribution in [0.25, 0.3) is 5.76 Å². The second-order valence-electron chi connectivity index (χ2n) is 8.10. The first kappa shape index (κ1) is 23.5. The molecule has 0 spiro atoms. The zero-order chi connectivity index (χ0) is 23.3. The largest absolute Gasteiger partial charge is 0.507 e. The van der Waals surface area contributed by atoms with Gasteiger partial charge in [0.25, 0.3) is 11.7 Å². The fourth-order valence-electron chi connectivity index (χ4n) is 3.93. The number of carbonyl (C=O) groups is 2. The highest BCUT2D eigenvalue weighted by molar-refractivity contribution is 6.46. The van der Waals surface area contributed by atoms with Gasteiger partial charge in [-0.3, -0.25) is 9.59 Å². The minimum atomic E-state index is -0.681. The molecule has 0 bridgehead atoms. The third-order valence-corrected chi connectivity index (χ3v) is 5.69. The lowest BCUT2D eigenvalue weighted by atomic mass is 9.93. The molecular formula is C26H31NO5. The van der Waals surface area contributed by atoms with Gasteiger partial charge in [-0.15, -0.1) is 0 Å². The molecule has 1 N–H and O–H groups in total. The number of Topliss-reactive ketones (excluding diaryl/α,β-unsaturated/α-hetero) is 1. The number of carbonyl (C=O) groups excluding carboxylic acids is 2. The number of ether oxygens (including phenoxy) is 2. The smallest absolute Gasteiger partial charge is 0.295 e. The third-order valence-electron chi connectivity index (χ3n) is 5.69. The third kappa shape index (κ3) is 4.86. The Hall–Kier alpha value is -3.12. The Morgan fingerprint density at radius 1 is 1.12 bits per heavy atom. The molecule has 1 saturated heterocycles. The van der Waals surface area contributed by atoms with Crippen molar-refractivity contribution in [2.45, 2.75) is 39.2 Å². The molecule has 0 saturated carbocycles. The van der Waals surface area contributed by atoms with Crippen molar-refractivity contribution < 1.29 is 24.2 Å². The van der Waals surface area contributed by atoms with Gasteiger partial charge in [0.1, 0.15) is 11.5 Å². The van der Waals surface area contributed by atoms with Crippen LogP contribution in [0.5, 0.6) is 5.75 Å². The summed E-state index contributed by atoms with van der Waals surface area (Å²) in [6.07, 6.45) is 0.598. The highest BCUT2D eigenvalue weighted by Gasteiger charge is 2.45. The van der Waals surface area contributed by atoms with Gasteiger partial charge in [0.2, 0.25) is 0 Å². The van der Waals surface area contributed by atoms with E-state index in [4.69, 9.17) is 9.47 Å². The fourth-order valence-corrected chi connectivity index (χ4v) is 3.93. The zero-order valence-electron chi connectivity index (χ0n) is 19.1. The van der Waals surface area contributed by atoms with E-state index in [0.29, 0.717) is 43.4 Å². The molecule has 6 nitrogen and oxygen atoms in total. The van der Waals surface area contributed by atoms with Crippen molar-refractivity contribution in [3.05, 3.63) is 70.8 Å². The molecule has 2 aromatic carbocycles. The van der Waals surface area contributed by atoms with Gasteiger partial charge in [-0.2, -0.15) is 0 Å². The molecular weight excluding hydrogens is 406 g/mol. The van der Waals surface area contributed by atoms with Crippen molar-refractivity contribution >= 4 is 17.4 Å². The molecule has 0 aliphatic carbocycles. The van der Waals surface area contributed by atoms with Crippen LogP contribution in [0.15, 0.2) is 54.1 Å². The quantitative estimate of drug-likeness (QED) is 0.267. The van der Waals surface area contributed by atoms with Gasteiger partial charge in [0.05, 0.1) is 18.7 Å². The van der Waals surface area contributed by atoms with Crippen LogP contribution in [-0.4, -0.2) is 48.6 Å². The summed E-state index contributed by atoms with van der Waals surface area (Å²) in [4.78, 5) is 27.6. The van der Waals surface area contributed by atoms with E-state index >= 15 is 0 Å². The van der Waals surface area contributed by atoms with Gasteiger partial charge >= 0.3 is 0 Å². The van der Waals surface area contributed by atoms with E-state index in [-0.39, 0.29) is 11.3 Å². The topological polar surface area (TPSA) is 76.1 Å². The summed E-state index contributed by atoms with van der Waals surface area (Å²) < 4.78 is 10.7. The lowest BCUT2D eigenvalue weighted by Gasteiger charge is -2.25. The first-order valence-corrected chi connectivity index (χ1v) is 11.0. The predicted molar refractivity (Wildman–Crippen MR) is 124 cm³/mol. The van der Waals surface area contributed by atoms with Crippen LogP contribution in [0.2, 0.25) is 0 Å². The molecule has 3 rings (SSSR count). The number of aliphatic hydroxyl groups excluding tert-OH is 1. The Kier molecular flexibility index (Phi) is 7.70. The van der Waals surface area contributed by atoms with Crippen LogP contribution in [0.1, 0.15) is 55.8 Å². The van der Waals surface area contributed by atoms with Crippen molar-refractivity contribution in [2.24, 2.45) is 0 Å². The average molecular weight is 438 g/mol. The summed E-state index contributed by atoms with van der Waals surface area (Å²) in [5.41, 5.74) is 2.47. The maximum Gasteiger partial charge on any atom is 0.295 e.